The molecule has 8 nitrogen and oxygen atoms in total. The van der Waals surface area contributed by atoms with Gasteiger partial charge in [-0.2, -0.15) is 18.3 Å². The Balaban J connectivity index is 1.58. The molecular formula is C19H20F3N5O3. The highest BCUT2D eigenvalue weighted by Crippen LogP contribution is 2.40. The van der Waals surface area contributed by atoms with Crippen LogP contribution in [-0.2, 0) is 4.79 Å². The SMILES string of the molecule is CC[C@@H]1C[C@H](C(F)(F)F)n2nc(C(=O)Nc3ccc4c(c3)N(C)C(=O)CO4)cc2N1. The van der Waals surface area contributed by atoms with Gasteiger partial charge in [0.15, 0.2) is 18.3 Å². The summed E-state index contributed by atoms with van der Waals surface area (Å²) in [6, 6.07) is 3.92. The molecule has 2 aliphatic heterocycles. The van der Waals surface area contributed by atoms with Crippen LogP contribution in [0.25, 0.3) is 0 Å². The van der Waals surface area contributed by atoms with E-state index in [1.165, 1.54) is 11.0 Å². The first-order valence-corrected chi connectivity index (χ1v) is 9.45. The molecule has 2 atom stereocenters. The summed E-state index contributed by atoms with van der Waals surface area (Å²) in [6.45, 7) is 1.73. The maximum Gasteiger partial charge on any atom is 0.410 e. The summed E-state index contributed by atoms with van der Waals surface area (Å²) in [7, 11) is 1.59. The number of nitrogens with zero attached hydrogens (tertiary/aromatic N) is 3. The van der Waals surface area contributed by atoms with Crippen LogP contribution in [0.1, 0.15) is 36.3 Å². The van der Waals surface area contributed by atoms with Crippen molar-refractivity contribution in [2.24, 2.45) is 0 Å². The van der Waals surface area contributed by atoms with Crippen LogP contribution in [0, 0.1) is 0 Å². The molecular weight excluding hydrogens is 403 g/mol. The molecule has 0 radical (unpaired) electrons. The van der Waals surface area contributed by atoms with Gasteiger partial charge in [0.25, 0.3) is 11.8 Å². The van der Waals surface area contributed by atoms with Crippen LogP contribution >= 0.6 is 0 Å². The summed E-state index contributed by atoms with van der Waals surface area (Å²) in [6.07, 6.45) is -4.11. The number of alkyl halides is 3. The molecule has 30 heavy (non-hydrogen) atoms. The number of hydrogen-bond donors (Lipinski definition) is 2. The fourth-order valence-electron chi connectivity index (χ4n) is 3.57. The topological polar surface area (TPSA) is 88.5 Å². The third-order valence-corrected chi connectivity index (χ3v) is 5.30. The third-order valence-electron chi connectivity index (χ3n) is 5.30. The molecule has 0 aliphatic carbocycles. The molecule has 2 N–H and O–H groups in total. The molecule has 0 bridgehead atoms. The zero-order chi connectivity index (χ0) is 21.6. The number of amides is 2. The van der Waals surface area contributed by atoms with Crippen LogP contribution in [0.15, 0.2) is 24.3 Å². The number of rotatable bonds is 3. The zero-order valence-electron chi connectivity index (χ0n) is 16.3. The van der Waals surface area contributed by atoms with Crippen molar-refractivity contribution in [1.82, 2.24) is 9.78 Å². The van der Waals surface area contributed by atoms with Crippen molar-refractivity contribution >= 4 is 29.0 Å². The lowest BCUT2D eigenvalue weighted by molar-refractivity contribution is -0.173. The Morgan fingerprint density at radius 3 is 2.83 bits per heavy atom. The minimum absolute atomic E-state index is 0.0679. The summed E-state index contributed by atoms with van der Waals surface area (Å²) >= 11 is 0. The van der Waals surface area contributed by atoms with Crippen molar-refractivity contribution in [2.75, 3.05) is 29.2 Å². The van der Waals surface area contributed by atoms with Gasteiger partial charge in [0.2, 0.25) is 0 Å². The van der Waals surface area contributed by atoms with E-state index in [1.807, 2.05) is 0 Å². The van der Waals surface area contributed by atoms with Gasteiger partial charge in [-0.1, -0.05) is 6.92 Å². The number of aromatic nitrogens is 2. The Morgan fingerprint density at radius 1 is 1.37 bits per heavy atom. The number of carbonyl (C=O) groups excluding carboxylic acids is 2. The molecule has 0 saturated carbocycles. The molecule has 3 heterocycles. The molecule has 2 amide bonds. The van der Waals surface area contributed by atoms with Crippen molar-refractivity contribution in [1.29, 1.82) is 0 Å². The molecule has 160 valence electrons. The van der Waals surface area contributed by atoms with Gasteiger partial charge in [0.1, 0.15) is 11.6 Å². The molecule has 2 aromatic rings. The normalized spacial score (nSPS) is 20.7. The highest BCUT2D eigenvalue weighted by molar-refractivity contribution is 6.04. The quantitative estimate of drug-likeness (QED) is 0.792. The van der Waals surface area contributed by atoms with E-state index in [2.05, 4.69) is 15.7 Å². The van der Waals surface area contributed by atoms with E-state index in [9.17, 15) is 22.8 Å². The summed E-state index contributed by atoms with van der Waals surface area (Å²) in [5.74, 6) is -0.235. The van der Waals surface area contributed by atoms with Crippen molar-refractivity contribution in [3.8, 4) is 5.75 Å². The van der Waals surface area contributed by atoms with E-state index in [4.69, 9.17) is 4.74 Å². The maximum atomic E-state index is 13.5. The van der Waals surface area contributed by atoms with E-state index in [0.717, 1.165) is 4.68 Å². The number of ether oxygens (including phenoxy) is 1. The van der Waals surface area contributed by atoms with Crippen molar-refractivity contribution < 1.29 is 27.5 Å². The Labute approximate surface area is 170 Å². The molecule has 1 aromatic carbocycles. The minimum atomic E-state index is -4.47. The van der Waals surface area contributed by atoms with E-state index in [-0.39, 0.29) is 36.5 Å². The maximum absolute atomic E-state index is 13.5. The second kappa shape index (κ2) is 7.22. The van der Waals surface area contributed by atoms with Gasteiger partial charge >= 0.3 is 6.18 Å². The zero-order valence-corrected chi connectivity index (χ0v) is 16.3. The number of halogens is 3. The second-order valence-corrected chi connectivity index (χ2v) is 7.28. The number of fused-ring (bicyclic) bond motifs is 2. The van der Waals surface area contributed by atoms with Crippen molar-refractivity contribution in [2.45, 2.75) is 38.0 Å². The van der Waals surface area contributed by atoms with Gasteiger partial charge in [0, 0.05) is 24.8 Å². The van der Waals surface area contributed by atoms with Gasteiger partial charge in [-0.05, 0) is 31.0 Å². The van der Waals surface area contributed by atoms with Gasteiger partial charge < -0.3 is 20.3 Å². The molecule has 4 rings (SSSR count). The summed E-state index contributed by atoms with van der Waals surface area (Å²) in [4.78, 5) is 25.8. The van der Waals surface area contributed by atoms with Gasteiger partial charge in [-0.3, -0.25) is 9.59 Å². The number of anilines is 3. The van der Waals surface area contributed by atoms with Crippen molar-refractivity contribution in [3.63, 3.8) is 0 Å². The predicted octanol–water partition coefficient (Wildman–Crippen LogP) is 3.19. The standard InChI is InChI=1S/C19H20F3N5O3/c1-3-10-7-15(19(20,21)22)27-16(23-10)8-12(25-27)18(29)24-11-4-5-14-13(6-11)26(2)17(28)9-30-14/h4-6,8,10,15,23H,3,7,9H2,1-2H3,(H,24,29)/t10-,15-/m1/s1. The molecule has 2 aliphatic rings. The fraction of sp³-hybridized carbons (Fsp3) is 0.421. The molecule has 1 aromatic heterocycles. The Kier molecular flexibility index (Phi) is 4.83. The van der Waals surface area contributed by atoms with Gasteiger partial charge in [0.05, 0.1) is 5.69 Å². The van der Waals surface area contributed by atoms with Gasteiger partial charge in [-0.15, -0.1) is 0 Å². The summed E-state index contributed by atoms with van der Waals surface area (Å²) in [5, 5.41) is 9.52. The Hall–Kier alpha value is -3.24. The number of likely N-dealkylation sites (N-methyl/N-ethyl adjacent to an activating group) is 1. The molecule has 11 heteroatoms. The smallest absolute Gasteiger partial charge is 0.410 e. The highest BCUT2D eigenvalue weighted by Gasteiger charge is 2.46. The molecule has 0 unspecified atom stereocenters. The van der Waals surface area contributed by atoms with Crippen molar-refractivity contribution in [3.05, 3.63) is 30.0 Å². The first-order valence-electron chi connectivity index (χ1n) is 9.45. The lowest BCUT2D eigenvalue weighted by Gasteiger charge is -2.32. The summed E-state index contributed by atoms with van der Waals surface area (Å²) < 4.78 is 46.6. The molecule has 0 saturated heterocycles. The average Bonchev–Trinajstić information content (AvgIpc) is 3.13. The number of nitrogens with one attached hydrogen (secondary N) is 2. The van der Waals surface area contributed by atoms with E-state index in [1.54, 1.807) is 32.2 Å². The van der Waals surface area contributed by atoms with E-state index in [0.29, 0.717) is 23.5 Å². The number of benzene rings is 1. The molecule has 0 fully saturated rings. The monoisotopic (exact) mass is 423 g/mol. The van der Waals surface area contributed by atoms with E-state index >= 15 is 0 Å². The largest absolute Gasteiger partial charge is 0.482 e. The lowest BCUT2D eigenvalue weighted by atomic mass is 10.0. The number of carbonyl (C=O) groups is 2. The second-order valence-electron chi connectivity index (χ2n) is 7.28. The molecule has 0 spiro atoms. The van der Waals surface area contributed by atoms with Crippen LogP contribution in [0.5, 0.6) is 5.75 Å². The average molecular weight is 423 g/mol. The highest BCUT2D eigenvalue weighted by atomic mass is 19.4. The third kappa shape index (κ3) is 3.55. The Bertz CT molecular complexity index is 1000. The Morgan fingerprint density at radius 2 is 2.13 bits per heavy atom. The van der Waals surface area contributed by atoms with Crippen LogP contribution < -0.4 is 20.3 Å². The van der Waals surface area contributed by atoms with Crippen LogP contribution in [-0.4, -0.2) is 47.5 Å². The van der Waals surface area contributed by atoms with Crippen LogP contribution in [0.2, 0.25) is 0 Å². The minimum Gasteiger partial charge on any atom is -0.482 e. The van der Waals surface area contributed by atoms with Crippen LogP contribution in [0.4, 0.5) is 30.4 Å². The first-order chi connectivity index (χ1) is 14.2. The summed E-state index contributed by atoms with van der Waals surface area (Å²) in [5.41, 5.74) is 0.710. The van der Waals surface area contributed by atoms with Crippen LogP contribution in [0.3, 0.4) is 0 Å². The van der Waals surface area contributed by atoms with Gasteiger partial charge in [-0.25, -0.2) is 4.68 Å². The fourth-order valence-corrected chi connectivity index (χ4v) is 3.57. The number of hydrogen-bond acceptors (Lipinski definition) is 5. The first kappa shape index (κ1) is 20.0. The lowest BCUT2D eigenvalue weighted by Crippen LogP contribution is -2.38. The predicted molar refractivity (Wildman–Crippen MR) is 103 cm³/mol. The van der Waals surface area contributed by atoms with E-state index < -0.39 is 18.1 Å².